The predicted molar refractivity (Wildman–Crippen MR) is 64.2 cm³/mol. The highest BCUT2D eigenvalue weighted by Crippen LogP contribution is 2.12. The van der Waals surface area contributed by atoms with E-state index in [1.807, 2.05) is 0 Å². The normalized spacial score (nSPS) is 9.56. The van der Waals surface area contributed by atoms with Crippen LogP contribution in [-0.4, -0.2) is 17.8 Å². The van der Waals surface area contributed by atoms with Crippen molar-refractivity contribution >= 4 is 23.4 Å². The van der Waals surface area contributed by atoms with Crippen molar-refractivity contribution < 1.29 is 14.3 Å². The summed E-state index contributed by atoms with van der Waals surface area (Å²) in [5, 5.41) is -0.0295. The van der Waals surface area contributed by atoms with Crippen LogP contribution in [-0.2, 0) is 16.0 Å². The maximum Gasteiger partial charge on any atom is 0.310 e. The van der Waals surface area contributed by atoms with Crippen molar-refractivity contribution in [3.8, 4) is 5.75 Å². The zero-order valence-corrected chi connectivity index (χ0v) is 9.75. The molecule has 0 radical (unpaired) electrons. The Morgan fingerprint density at radius 3 is 2.50 bits per heavy atom. The molecule has 0 aromatic heterocycles. The molecule has 0 bridgehead atoms. The first-order chi connectivity index (χ1) is 7.61. The third-order valence-corrected chi connectivity index (χ3v) is 1.88. The number of ether oxygens (including phenoxy) is 2. The number of rotatable bonds is 4. The molecule has 16 heavy (non-hydrogen) atoms. The van der Waals surface area contributed by atoms with Crippen LogP contribution < -0.4 is 10.5 Å². The van der Waals surface area contributed by atoms with Crippen molar-refractivity contribution in [3.05, 3.63) is 29.8 Å². The van der Waals surface area contributed by atoms with Crippen molar-refractivity contribution in [1.29, 1.82) is 0 Å². The van der Waals surface area contributed by atoms with E-state index in [1.165, 1.54) is 0 Å². The van der Waals surface area contributed by atoms with Crippen molar-refractivity contribution in [2.24, 2.45) is 5.73 Å². The van der Waals surface area contributed by atoms with Crippen LogP contribution in [0.5, 0.6) is 5.75 Å². The lowest BCUT2D eigenvalue weighted by atomic mass is 10.1. The van der Waals surface area contributed by atoms with Gasteiger partial charge in [0.1, 0.15) is 5.75 Å². The molecule has 5 heteroatoms. The topological polar surface area (TPSA) is 61.5 Å². The lowest BCUT2D eigenvalue weighted by Gasteiger charge is -2.04. The summed E-state index contributed by atoms with van der Waals surface area (Å²) >= 11 is 4.60. The summed E-state index contributed by atoms with van der Waals surface area (Å²) in [6, 6.07) is 6.94. The lowest BCUT2D eigenvalue weighted by molar-refractivity contribution is -0.142. The number of carbonyl (C=O) groups is 1. The highest BCUT2D eigenvalue weighted by molar-refractivity contribution is 7.80. The Morgan fingerprint density at radius 2 is 2.00 bits per heavy atom. The minimum absolute atomic E-state index is 0.0295. The summed E-state index contributed by atoms with van der Waals surface area (Å²) in [6.45, 7) is 2.17. The predicted octanol–water partition coefficient (Wildman–Crippen LogP) is 1.41. The minimum atomic E-state index is -0.245. The number of benzene rings is 1. The molecule has 0 aliphatic rings. The molecule has 1 aromatic carbocycles. The second-order valence-electron chi connectivity index (χ2n) is 3.05. The average Bonchev–Trinajstić information content (AvgIpc) is 2.20. The van der Waals surface area contributed by atoms with Gasteiger partial charge in [0.15, 0.2) is 0 Å². The highest BCUT2D eigenvalue weighted by atomic mass is 32.1. The van der Waals surface area contributed by atoms with Crippen LogP contribution in [0, 0.1) is 0 Å². The Labute approximate surface area is 99.3 Å². The van der Waals surface area contributed by atoms with Crippen LogP contribution >= 0.6 is 12.2 Å². The fraction of sp³-hybridized carbons (Fsp3) is 0.273. The van der Waals surface area contributed by atoms with Crippen LogP contribution in [0.25, 0.3) is 0 Å². The fourth-order valence-electron chi connectivity index (χ4n) is 1.17. The van der Waals surface area contributed by atoms with Gasteiger partial charge in [-0.3, -0.25) is 4.79 Å². The van der Waals surface area contributed by atoms with Crippen molar-refractivity contribution in [1.82, 2.24) is 0 Å². The van der Waals surface area contributed by atoms with Crippen LogP contribution in [0.3, 0.4) is 0 Å². The fourth-order valence-corrected chi connectivity index (χ4v) is 1.27. The molecule has 4 nitrogen and oxygen atoms in total. The second-order valence-corrected chi connectivity index (χ2v) is 3.45. The highest BCUT2D eigenvalue weighted by Gasteiger charge is 2.04. The van der Waals surface area contributed by atoms with Gasteiger partial charge in [0.2, 0.25) is 0 Å². The lowest BCUT2D eigenvalue weighted by Crippen LogP contribution is -2.15. The van der Waals surface area contributed by atoms with E-state index >= 15 is 0 Å². The average molecular weight is 239 g/mol. The zero-order valence-electron chi connectivity index (χ0n) is 8.93. The Hall–Kier alpha value is -1.62. The van der Waals surface area contributed by atoms with E-state index in [4.69, 9.17) is 15.2 Å². The first-order valence-electron chi connectivity index (χ1n) is 4.83. The molecule has 0 saturated carbocycles. The van der Waals surface area contributed by atoms with Crippen LogP contribution in [0.2, 0.25) is 0 Å². The maximum atomic E-state index is 11.2. The van der Waals surface area contributed by atoms with E-state index in [-0.39, 0.29) is 17.6 Å². The van der Waals surface area contributed by atoms with Crippen LogP contribution in [0.4, 0.5) is 0 Å². The van der Waals surface area contributed by atoms with E-state index in [0.29, 0.717) is 12.4 Å². The zero-order chi connectivity index (χ0) is 12.0. The number of hydrogen-bond acceptors (Lipinski definition) is 4. The molecule has 0 fully saturated rings. The van der Waals surface area contributed by atoms with Gasteiger partial charge in [-0.05, 0) is 36.8 Å². The Bertz CT molecular complexity index is 375. The van der Waals surface area contributed by atoms with Gasteiger partial charge in [-0.2, -0.15) is 0 Å². The molecule has 1 aromatic rings. The molecule has 0 unspecified atom stereocenters. The smallest absolute Gasteiger partial charge is 0.310 e. The number of carbonyl (C=O) groups excluding carboxylic acids is 1. The third-order valence-electron chi connectivity index (χ3n) is 1.80. The Morgan fingerprint density at radius 1 is 1.38 bits per heavy atom. The van der Waals surface area contributed by atoms with E-state index in [2.05, 4.69) is 12.2 Å². The number of esters is 1. The Kier molecular flexibility index (Phi) is 4.72. The molecule has 0 aliphatic heterocycles. The third kappa shape index (κ3) is 4.27. The summed E-state index contributed by atoms with van der Waals surface area (Å²) in [5.74, 6) is 0.311. The van der Waals surface area contributed by atoms with Crippen molar-refractivity contribution in [3.63, 3.8) is 0 Å². The van der Waals surface area contributed by atoms with Gasteiger partial charge in [-0.25, -0.2) is 0 Å². The Balaban J connectivity index is 2.57. The van der Waals surface area contributed by atoms with Crippen molar-refractivity contribution in [2.45, 2.75) is 13.3 Å². The van der Waals surface area contributed by atoms with Crippen molar-refractivity contribution in [2.75, 3.05) is 6.61 Å². The summed E-state index contributed by atoms with van der Waals surface area (Å²) < 4.78 is 9.84. The van der Waals surface area contributed by atoms with E-state index in [9.17, 15) is 4.79 Å². The molecule has 0 atom stereocenters. The van der Waals surface area contributed by atoms with Gasteiger partial charge < -0.3 is 15.2 Å². The molecule has 0 spiro atoms. The van der Waals surface area contributed by atoms with E-state index in [0.717, 1.165) is 5.56 Å². The van der Waals surface area contributed by atoms with Gasteiger partial charge in [0.25, 0.3) is 5.17 Å². The first kappa shape index (κ1) is 12.4. The summed E-state index contributed by atoms with van der Waals surface area (Å²) in [7, 11) is 0. The van der Waals surface area contributed by atoms with Gasteiger partial charge in [-0.15, -0.1) is 0 Å². The van der Waals surface area contributed by atoms with Crippen LogP contribution in [0.15, 0.2) is 24.3 Å². The van der Waals surface area contributed by atoms with Gasteiger partial charge in [0.05, 0.1) is 13.0 Å². The summed E-state index contributed by atoms with van der Waals surface area (Å²) in [5.41, 5.74) is 6.07. The molecule has 0 saturated heterocycles. The number of hydrogen-bond donors (Lipinski definition) is 1. The van der Waals surface area contributed by atoms with E-state index in [1.54, 1.807) is 31.2 Å². The largest absolute Gasteiger partial charge is 0.466 e. The molecule has 0 amide bonds. The standard InChI is InChI=1S/C11H13NO3S/c1-2-14-10(13)7-8-3-5-9(6-4-8)15-11(12)16/h3-6H,2,7H2,1H3,(H2,12,16). The van der Waals surface area contributed by atoms with Crippen LogP contribution in [0.1, 0.15) is 12.5 Å². The molecule has 86 valence electrons. The quantitative estimate of drug-likeness (QED) is 0.636. The molecule has 2 N–H and O–H groups in total. The molecule has 0 aliphatic carbocycles. The monoisotopic (exact) mass is 239 g/mol. The molecular weight excluding hydrogens is 226 g/mol. The van der Waals surface area contributed by atoms with Gasteiger partial charge in [-0.1, -0.05) is 12.1 Å². The minimum Gasteiger partial charge on any atom is -0.466 e. The maximum absolute atomic E-state index is 11.2. The van der Waals surface area contributed by atoms with E-state index < -0.39 is 0 Å². The molecule has 1 rings (SSSR count). The van der Waals surface area contributed by atoms with Gasteiger partial charge >= 0.3 is 5.97 Å². The summed E-state index contributed by atoms with van der Waals surface area (Å²) in [4.78, 5) is 11.2. The number of nitrogens with two attached hydrogens (primary N) is 1. The van der Waals surface area contributed by atoms with Gasteiger partial charge in [0, 0.05) is 0 Å². The SMILES string of the molecule is CCOC(=O)Cc1ccc(OC(N)=S)cc1. The first-order valence-corrected chi connectivity index (χ1v) is 5.24. The second kappa shape index (κ2) is 6.07. The molecule has 0 heterocycles. The molecular formula is C11H13NO3S. The summed E-state index contributed by atoms with van der Waals surface area (Å²) in [6.07, 6.45) is 0.251. The number of thiocarbonyl (C=S) groups is 1.